The number of nitrogens with one attached hydrogen (secondary N) is 1. The fraction of sp³-hybridized carbons (Fsp3) is 0.625. The first-order chi connectivity index (χ1) is 9.43. The van der Waals surface area contributed by atoms with Crippen LogP contribution in [0.1, 0.15) is 25.5 Å². The Kier molecular flexibility index (Phi) is 5.10. The Bertz CT molecular complexity index is 461. The average Bonchev–Trinajstić information content (AvgIpc) is 2.80. The molecule has 3 unspecified atom stereocenters. The van der Waals surface area contributed by atoms with Crippen LogP contribution in [0.5, 0.6) is 0 Å². The quantitative estimate of drug-likeness (QED) is 0.909. The number of halogens is 1. The summed E-state index contributed by atoms with van der Waals surface area (Å²) < 4.78 is 1.15. The van der Waals surface area contributed by atoms with Gasteiger partial charge in [-0.05, 0) is 51.7 Å². The highest BCUT2D eigenvalue weighted by molar-refractivity contribution is 9.10. The fourth-order valence-electron chi connectivity index (χ4n) is 3.13. The Hall–Kier alpha value is -0.580. The van der Waals surface area contributed by atoms with Gasteiger partial charge in [-0.2, -0.15) is 0 Å². The molecule has 1 N–H and O–H groups in total. The van der Waals surface area contributed by atoms with Crippen molar-refractivity contribution in [3.05, 3.63) is 28.2 Å². The lowest BCUT2D eigenvalue weighted by Gasteiger charge is -2.26. The van der Waals surface area contributed by atoms with Crippen molar-refractivity contribution >= 4 is 21.6 Å². The molecular formula is C16H26BrN3. The van der Waals surface area contributed by atoms with Gasteiger partial charge in [-0.25, -0.2) is 0 Å². The van der Waals surface area contributed by atoms with Crippen molar-refractivity contribution < 1.29 is 0 Å². The highest BCUT2D eigenvalue weighted by Crippen LogP contribution is 2.33. The van der Waals surface area contributed by atoms with Crippen LogP contribution in [0.3, 0.4) is 0 Å². The molecule has 0 radical (unpaired) electrons. The van der Waals surface area contributed by atoms with Crippen molar-refractivity contribution in [1.29, 1.82) is 0 Å². The Balaban J connectivity index is 2.31. The van der Waals surface area contributed by atoms with Gasteiger partial charge in [-0.1, -0.05) is 28.9 Å². The van der Waals surface area contributed by atoms with E-state index in [1.54, 1.807) is 0 Å². The van der Waals surface area contributed by atoms with Crippen LogP contribution in [0.4, 0.5) is 5.69 Å². The van der Waals surface area contributed by atoms with E-state index in [0.29, 0.717) is 18.0 Å². The number of hydrogen-bond donors (Lipinski definition) is 1. The first kappa shape index (κ1) is 15.8. The SMILES string of the molecule is CNC(C)c1ccc(Br)cc1N1CC(C)C(N(C)C)C1. The van der Waals surface area contributed by atoms with E-state index in [0.717, 1.165) is 17.6 Å². The molecule has 1 aromatic carbocycles. The molecule has 1 saturated heterocycles. The second kappa shape index (κ2) is 6.46. The van der Waals surface area contributed by atoms with E-state index in [1.807, 2.05) is 7.05 Å². The smallest absolute Gasteiger partial charge is 0.0426 e. The largest absolute Gasteiger partial charge is 0.369 e. The Labute approximate surface area is 131 Å². The van der Waals surface area contributed by atoms with Crippen molar-refractivity contribution in [2.24, 2.45) is 5.92 Å². The predicted octanol–water partition coefficient (Wildman–Crippen LogP) is 3.12. The molecular weight excluding hydrogens is 314 g/mol. The zero-order chi connectivity index (χ0) is 14.9. The van der Waals surface area contributed by atoms with Crippen LogP contribution in [0, 0.1) is 5.92 Å². The maximum Gasteiger partial charge on any atom is 0.0426 e. The molecule has 0 saturated carbocycles. The molecule has 112 valence electrons. The lowest BCUT2D eigenvalue weighted by Crippen LogP contribution is -2.34. The third-order valence-corrected chi connectivity index (χ3v) is 4.96. The monoisotopic (exact) mass is 339 g/mol. The molecule has 0 spiro atoms. The number of hydrogen-bond acceptors (Lipinski definition) is 3. The summed E-state index contributed by atoms with van der Waals surface area (Å²) in [5.41, 5.74) is 2.74. The fourth-order valence-corrected chi connectivity index (χ4v) is 3.48. The summed E-state index contributed by atoms with van der Waals surface area (Å²) in [4.78, 5) is 4.88. The van der Waals surface area contributed by atoms with Crippen LogP contribution in [0.2, 0.25) is 0 Å². The van der Waals surface area contributed by atoms with Crippen molar-refractivity contribution in [3.8, 4) is 0 Å². The summed E-state index contributed by atoms with van der Waals surface area (Å²) in [6.07, 6.45) is 0. The summed E-state index contributed by atoms with van der Waals surface area (Å²) in [5, 5.41) is 3.36. The number of likely N-dealkylation sites (N-methyl/N-ethyl adjacent to an activating group) is 1. The van der Waals surface area contributed by atoms with E-state index in [2.05, 4.69) is 77.2 Å². The van der Waals surface area contributed by atoms with Gasteiger partial charge in [0.05, 0.1) is 0 Å². The summed E-state index contributed by atoms with van der Waals surface area (Å²) in [6, 6.07) is 7.62. The Morgan fingerprint density at radius 1 is 1.35 bits per heavy atom. The Morgan fingerprint density at radius 3 is 2.60 bits per heavy atom. The van der Waals surface area contributed by atoms with Crippen LogP contribution in [-0.2, 0) is 0 Å². The van der Waals surface area contributed by atoms with E-state index in [4.69, 9.17) is 0 Å². The van der Waals surface area contributed by atoms with Crippen molar-refractivity contribution in [2.75, 3.05) is 39.1 Å². The highest BCUT2D eigenvalue weighted by Gasteiger charge is 2.32. The van der Waals surface area contributed by atoms with Gasteiger partial charge in [0.2, 0.25) is 0 Å². The number of anilines is 1. The van der Waals surface area contributed by atoms with Gasteiger partial charge >= 0.3 is 0 Å². The van der Waals surface area contributed by atoms with E-state index < -0.39 is 0 Å². The molecule has 4 heteroatoms. The van der Waals surface area contributed by atoms with Crippen molar-refractivity contribution in [2.45, 2.75) is 25.9 Å². The normalized spacial score (nSPS) is 24.4. The molecule has 1 heterocycles. The summed E-state index contributed by atoms with van der Waals surface area (Å²) in [6.45, 7) is 6.80. The first-order valence-corrected chi connectivity index (χ1v) is 8.11. The zero-order valence-electron chi connectivity index (χ0n) is 13.2. The standard InChI is InChI=1S/C16H26BrN3/c1-11-9-20(10-16(11)19(4)5)15-8-13(17)6-7-14(15)12(2)18-3/h6-8,11-12,16,18H,9-10H2,1-5H3. The number of rotatable bonds is 4. The lowest BCUT2D eigenvalue weighted by atomic mass is 10.1. The maximum absolute atomic E-state index is 3.62. The molecule has 3 atom stereocenters. The van der Waals surface area contributed by atoms with Gasteiger partial charge in [0.25, 0.3) is 0 Å². The third-order valence-electron chi connectivity index (χ3n) is 4.47. The third kappa shape index (κ3) is 3.18. The van der Waals surface area contributed by atoms with Crippen LogP contribution in [-0.4, -0.2) is 45.2 Å². The van der Waals surface area contributed by atoms with Gasteiger partial charge in [0, 0.05) is 35.3 Å². The molecule has 1 aliphatic rings. The molecule has 0 aliphatic carbocycles. The second-order valence-corrected chi connectivity index (χ2v) is 7.04. The topological polar surface area (TPSA) is 18.5 Å². The van der Waals surface area contributed by atoms with Crippen LogP contribution in [0.15, 0.2) is 22.7 Å². The van der Waals surface area contributed by atoms with Gasteiger partial charge in [0.15, 0.2) is 0 Å². The summed E-state index contributed by atoms with van der Waals surface area (Å²) >= 11 is 3.62. The van der Waals surface area contributed by atoms with Crippen molar-refractivity contribution in [3.63, 3.8) is 0 Å². The molecule has 1 fully saturated rings. The molecule has 3 nitrogen and oxygen atoms in total. The molecule has 1 aromatic rings. The van der Waals surface area contributed by atoms with E-state index in [-0.39, 0.29) is 0 Å². The Morgan fingerprint density at radius 2 is 2.05 bits per heavy atom. The lowest BCUT2D eigenvalue weighted by molar-refractivity contribution is 0.266. The molecule has 1 aliphatic heterocycles. The average molecular weight is 340 g/mol. The van der Waals surface area contributed by atoms with Crippen LogP contribution in [0.25, 0.3) is 0 Å². The molecule has 0 amide bonds. The number of benzene rings is 1. The summed E-state index contributed by atoms with van der Waals surface area (Å²) in [7, 11) is 6.39. The molecule has 0 aromatic heterocycles. The van der Waals surface area contributed by atoms with Gasteiger partial charge in [-0.15, -0.1) is 0 Å². The zero-order valence-corrected chi connectivity index (χ0v) is 14.7. The van der Waals surface area contributed by atoms with E-state index in [1.165, 1.54) is 11.3 Å². The van der Waals surface area contributed by atoms with Gasteiger partial charge in [0.1, 0.15) is 0 Å². The van der Waals surface area contributed by atoms with Gasteiger partial charge in [-0.3, -0.25) is 0 Å². The minimum Gasteiger partial charge on any atom is -0.369 e. The van der Waals surface area contributed by atoms with E-state index >= 15 is 0 Å². The molecule has 0 bridgehead atoms. The minimum absolute atomic E-state index is 0.367. The van der Waals surface area contributed by atoms with E-state index in [9.17, 15) is 0 Å². The number of nitrogens with zero attached hydrogens (tertiary/aromatic N) is 2. The van der Waals surface area contributed by atoms with Gasteiger partial charge < -0.3 is 15.1 Å². The second-order valence-electron chi connectivity index (χ2n) is 6.13. The maximum atomic E-state index is 3.62. The molecule has 20 heavy (non-hydrogen) atoms. The van der Waals surface area contributed by atoms with Crippen LogP contribution < -0.4 is 10.2 Å². The minimum atomic E-state index is 0.367. The highest BCUT2D eigenvalue weighted by atomic mass is 79.9. The van der Waals surface area contributed by atoms with Crippen LogP contribution >= 0.6 is 15.9 Å². The first-order valence-electron chi connectivity index (χ1n) is 7.32. The predicted molar refractivity (Wildman–Crippen MR) is 90.5 cm³/mol. The summed E-state index contributed by atoms with van der Waals surface area (Å²) in [5.74, 6) is 0.696. The molecule has 2 rings (SSSR count). The van der Waals surface area contributed by atoms with Crippen molar-refractivity contribution in [1.82, 2.24) is 10.2 Å².